The second-order valence-electron chi connectivity index (χ2n) is 23.0. The Hall–Kier alpha value is -2.58. The van der Waals surface area contributed by atoms with Gasteiger partial charge in [-0.25, -0.2) is 4.79 Å². The summed E-state index contributed by atoms with van der Waals surface area (Å²) in [5.41, 5.74) is -3.51. The molecule has 4 heterocycles. The highest BCUT2D eigenvalue weighted by Crippen LogP contribution is 2.70. The highest BCUT2D eigenvalue weighted by molar-refractivity contribution is 5.89. The fraction of sp³-hybridized carbons (Fsp3) is 0.818. The van der Waals surface area contributed by atoms with Gasteiger partial charge in [-0.05, 0) is 90.2 Å². The number of ketones is 1. The molecule has 20 heteroatoms. The molecule has 25 atom stereocenters. The molecule has 4 aliphatic carbocycles. The minimum atomic E-state index is -1.69. The third-order valence-corrected chi connectivity index (χ3v) is 19.0. The van der Waals surface area contributed by atoms with Gasteiger partial charge in [0.2, 0.25) is 0 Å². The normalized spacial score (nSPS) is 48.9. The third-order valence-electron chi connectivity index (χ3n) is 19.0. The SMILES string of the molecule is CO[C@H]1CC(O[C@H]2CC[C@@]3(C)C(=CC[C@]4(O)[C@@H]3C[C@@H](OC(=O)c3ccccc3)[C@]3(C)[C@@H](C(C)=O)CC[C@@]34O)C2)O[C@H](C)[C@H]1OC1C[C@H](OC)[C@H](OC2C[C@@H](OC)[C@@H](O[C@@H]3O[C@H](CO)[C@@H](O)[C@H](O)[C@H]3O)[C@@H](C)O2)[C@@H](C)O1. The highest BCUT2D eigenvalue weighted by atomic mass is 16.8. The van der Waals surface area contributed by atoms with E-state index in [4.69, 9.17) is 56.8 Å². The average Bonchev–Trinajstić information content (AvgIpc) is 3.79. The molecule has 1 aromatic carbocycles. The molecule has 9 rings (SSSR count). The Balaban J connectivity index is 0.804. The molecule has 1 aromatic rings. The van der Waals surface area contributed by atoms with Gasteiger partial charge in [0.25, 0.3) is 0 Å². The van der Waals surface area contributed by atoms with Crippen molar-refractivity contribution in [3.05, 3.63) is 47.5 Å². The number of rotatable bonds is 15. The van der Waals surface area contributed by atoms with Crippen molar-refractivity contribution < 1.29 is 97.1 Å². The van der Waals surface area contributed by atoms with E-state index >= 15 is 0 Å². The van der Waals surface area contributed by atoms with Gasteiger partial charge in [0, 0.05) is 57.8 Å². The molecule has 0 aromatic heterocycles. The number of aliphatic hydroxyl groups is 6. The summed E-state index contributed by atoms with van der Waals surface area (Å²) < 4.78 is 75.0. The number of ether oxygens (including phenoxy) is 12. The minimum absolute atomic E-state index is 0.0936. The summed E-state index contributed by atoms with van der Waals surface area (Å²) in [5.74, 6) is -1.68. The van der Waals surface area contributed by atoms with Crippen LogP contribution in [-0.4, -0.2) is 198 Å². The number of carbonyl (C=O) groups excluding carboxylic acids is 2. The van der Waals surface area contributed by atoms with Crippen LogP contribution in [0.2, 0.25) is 0 Å². The predicted octanol–water partition coefficient (Wildman–Crippen LogP) is 3.01. The molecule has 422 valence electrons. The van der Waals surface area contributed by atoms with Crippen molar-refractivity contribution in [2.75, 3.05) is 27.9 Å². The van der Waals surface area contributed by atoms with Crippen molar-refractivity contribution in [3.8, 4) is 0 Å². The number of esters is 1. The van der Waals surface area contributed by atoms with Crippen LogP contribution in [0.15, 0.2) is 42.0 Å². The molecule has 0 amide bonds. The van der Waals surface area contributed by atoms with Crippen LogP contribution < -0.4 is 0 Å². The average molecular weight is 1060 g/mol. The molecule has 3 saturated carbocycles. The molecule has 20 nitrogen and oxygen atoms in total. The topological polar surface area (TPSA) is 266 Å². The van der Waals surface area contributed by atoms with Crippen molar-refractivity contribution in [2.45, 2.75) is 234 Å². The van der Waals surface area contributed by atoms with Crippen LogP contribution in [0.25, 0.3) is 0 Å². The van der Waals surface area contributed by atoms with Crippen LogP contribution in [0, 0.1) is 22.7 Å². The number of hydrogen-bond acceptors (Lipinski definition) is 20. The smallest absolute Gasteiger partial charge is 0.338 e. The van der Waals surface area contributed by atoms with Crippen molar-refractivity contribution >= 4 is 11.8 Å². The molecule has 3 unspecified atom stereocenters. The van der Waals surface area contributed by atoms with Crippen LogP contribution in [0.5, 0.6) is 0 Å². The number of hydrogen-bond donors (Lipinski definition) is 6. The second kappa shape index (κ2) is 22.5. The van der Waals surface area contributed by atoms with E-state index in [9.17, 15) is 40.2 Å². The maximum absolute atomic E-state index is 13.7. The Labute approximate surface area is 439 Å². The number of fused-ring (bicyclic) bond motifs is 5. The van der Waals surface area contributed by atoms with Crippen molar-refractivity contribution in [3.63, 3.8) is 0 Å². The fourth-order valence-corrected chi connectivity index (χ4v) is 14.7. The molecule has 8 aliphatic rings. The molecule has 0 bridgehead atoms. The summed E-state index contributed by atoms with van der Waals surface area (Å²) in [7, 11) is 4.75. The zero-order valence-electron chi connectivity index (χ0n) is 44.8. The van der Waals surface area contributed by atoms with E-state index in [0.717, 1.165) is 5.57 Å². The molecule has 75 heavy (non-hydrogen) atoms. The van der Waals surface area contributed by atoms with Crippen molar-refractivity contribution in [1.82, 2.24) is 0 Å². The minimum Gasteiger partial charge on any atom is -0.458 e. The predicted molar refractivity (Wildman–Crippen MR) is 262 cm³/mol. The first-order valence-corrected chi connectivity index (χ1v) is 27.0. The van der Waals surface area contributed by atoms with Gasteiger partial charge < -0.3 is 87.5 Å². The number of carbonyl (C=O) groups is 2. The van der Waals surface area contributed by atoms with Crippen LogP contribution in [0.4, 0.5) is 0 Å². The Morgan fingerprint density at radius 3 is 1.77 bits per heavy atom. The maximum atomic E-state index is 13.7. The Morgan fingerprint density at radius 2 is 1.24 bits per heavy atom. The van der Waals surface area contributed by atoms with E-state index in [1.165, 1.54) is 14.0 Å². The number of Topliss-reactive ketones (excluding diaryl/α,β-unsaturated/α-hetero) is 1. The largest absolute Gasteiger partial charge is 0.458 e. The number of benzene rings is 1. The Morgan fingerprint density at radius 1 is 0.693 bits per heavy atom. The van der Waals surface area contributed by atoms with Crippen molar-refractivity contribution in [1.29, 1.82) is 0 Å². The summed E-state index contributed by atoms with van der Waals surface area (Å²) in [6.45, 7) is 10.5. The Bertz CT molecular complexity index is 2170. The number of methoxy groups -OCH3 is 3. The lowest BCUT2D eigenvalue weighted by Gasteiger charge is -2.66. The van der Waals surface area contributed by atoms with Crippen LogP contribution in [0.3, 0.4) is 0 Å². The van der Waals surface area contributed by atoms with E-state index in [2.05, 4.69) is 13.0 Å². The molecule has 0 radical (unpaired) electrons. The van der Waals surface area contributed by atoms with Crippen LogP contribution >= 0.6 is 0 Å². The van der Waals surface area contributed by atoms with E-state index in [1.807, 2.05) is 26.8 Å². The summed E-state index contributed by atoms with van der Waals surface area (Å²) in [4.78, 5) is 27.0. The van der Waals surface area contributed by atoms with E-state index < -0.39 is 157 Å². The van der Waals surface area contributed by atoms with Gasteiger partial charge in [-0.2, -0.15) is 0 Å². The van der Waals surface area contributed by atoms with Crippen LogP contribution in [0.1, 0.15) is 116 Å². The molecule has 6 N–H and O–H groups in total. The van der Waals surface area contributed by atoms with Gasteiger partial charge >= 0.3 is 5.97 Å². The summed E-state index contributed by atoms with van der Waals surface area (Å²) in [6.07, 6.45) is -9.29. The van der Waals surface area contributed by atoms with Gasteiger partial charge in [0.1, 0.15) is 65.8 Å². The molecular formula is C55H82O20. The van der Waals surface area contributed by atoms with Crippen molar-refractivity contribution in [2.24, 2.45) is 22.7 Å². The molecule has 4 aliphatic heterocycles. The first-order chi connectivity index (χ1) is 35.6. The van der Waals surface area contributed by atoms with Gasteiger partial charge in [0.15, 0.2) is 25.2 Å². The van der Waals surface area contributed by atoms with Gasteiger partial charge in [0.05, 0.1) is 54.9 Å². The van der Waals surface area contributed by atoms with E-state index in [0.29, 0.717) is 44.1 Å². The fourth-order valence-electron chi connectivity index (χ4n) is 14.7. The standard InChI is InChI=1S/C55H82O20/c1-27(57)34-17-20-55(63)53(34,6)40(72-50(61)31-13-11-10-12-14-31)25-39-52(5)18-16-33(21-32(52)15-19-54(39,55)62)70-41-22-35(64-7)47(28(2)67-41)73-42-23-36(65-8)48(29(3)68-42)74-43-24-37(66-9)49(30(4)69-43)75-51-46(60)45(59)44(58)38(26-56)71-51/h10-15,28-30,33-49,51,56,58-60,62-63H,16-26H2,1-9H3/t28-,29-,30-,33+,34-,35+,36+,37-,38-,39-,40-,41?,42?,43?,44-,45+,46-,47-,48-,49+,51+,52+,53+,54+,55-/m1/s1. The summed E-state index contributed by atoms with van der Waals surface area (Å²) in [6, 6.07) is 8.73. The quantitative estimate of drug-likeness (QED) is 0.109. The lowest BCUT2D eigenvalue weighted by molar-refractivity contribution is -0.357. The zero-order chi connectivity index (χ0) is 53.9. The van der Waals surface area contributed by atoms with Gasteiger partial charge in [-0.1, -0.05) is 43.7 Å². The Kier molecular flexibility index (Phi) is 17.1. The van der Waals surface area contributed by atoms with E-state index in [1.54, 1.807) is 45.4 Å². The highest BCUT2D eigenvalue weighted by Gasteiger charge is 2.77. The number of aliphatic hydroxyl groups excluding tert-OH is 4. The molecule has 4 saturated heterocycles. The van der Waals surface area contributed by atoms with Crippen LogP contribution in [-0.2, 0) is 61.6 Å². The summed E-state index contributed by atoms with van der Waals surface area (Å²) in [5, 5.41) is 66.7. The maximum Gasteiger partial charge on any atom is 0.338 e. The van der Waals surface area contributed by atoms with Gasteiger partial charge in [-0.3, -0.25) is 4.79 Å². The molecule has 0 spiro atoms. The summed E-state index contributed by atoms with van der Waals surface area (Å²) >= 11 is 0. The first-order valence-electron chi connectivity index (χ1n) is 27.0. The second-order valence-corrected chi connectivity index (χ2v) is 23.0. The zero-order valence-corrected chi connectivity index (χ0v) is 44.8. The molecule has 7 fully saturated rings. The van der Waals surface area contributed by atoms with E-state index in [-0.39, 0.29) is 37.6 Å². The first kappa shape index (κ1) is 57.1. The monoisotopic (exact) mass is 1060 g/mol. The lowest BCUT2D eigenvalue weighted by atomic mass is 9.43. The third kappa shape index (κ3) is 10.2. The lowest BCUT2D eigenvalue weighted by Crippen LogP contribution is -2.75. The molecular weight excluding hydrogens is 981 g/mol. The van der Waals surface area contributed by atoms with Gasteiger partial charge in [-0.15, -0.1) is 0 Å².